The van der Waals surface area contributed by atoms with E-state index in [1.807, 2.05) is 32.0 Å². The summed E-state index contributed by atoms with van der Waals surface area (Å²) in [5.74, 6) is -1.51. The van der Waals surface area contributed by atoms with E-state index in [0.29, 0.717) is 22.5 Å². The Morgan fingerprint density at radius 1 is 1.00 bits per heavy atom. The maximum absolute atomic E-state index is 13.0. The highest BCUT2D eigenvalue weighted by Gasteiger charge is 2.31. The van der Waals surface area contributed by atoms with Crippen LogP contribution in [-0.2, 0) is 4.79 Å². The maximum Gasteiger partial charge on any atom is 0.337 e. The first kappa shape index (κ1) is 21.8. The Balaban J connectivity index is 1.67. The van der Waals surface area contributed by atoms with Gasteiger partial charge in [-0.15, -0.1) is 0 Å². The predicted molar refractivity (Wildman–Crippen MR) is 128 cm³/mol. The van der Waals surface area contributed by atoms with Crippen molar-refractivity contribution in [2.24, 2.45) is 10.2 Å². The highest BCUT2D eigenvalue weighted by Crippen LogP contribution is 2.32. The summed E-state index contributed by atoms with van der Waals surface area (Å²) in [5.41, 5.74) is 7.26. The molecule has 8 nitrogen and oxygen atoms in total. The zero-order valence-corrected chi connectivity index (χ0v) is 18.3. The van der Waals surface area contributed by atoms with Gasteiger partial charge in [0.05, 0.1) is 22.6 Å². The van der Waals surface area contributed by atoms with Gasteiger partial charge in [-0.3, -0.25) is 10.2 Å². The fourth-order valence-corrected chi connectivity index (χ4v) is 3.48. The topological polar surface area (TPSA) is 115 Å². The van der Waals surface area contributed by atoms with E-state index in [-0.39, 0.29) is 22.7 Å². The molecule has 1 aliphatic heterocycles. The lowest BCUT2D eigenvalue weighted by molar-refractivity contribution is -0.112. The number of hydrogen-bond acceptors (Lipinski definition) is 6. The Kier molecular flexibility index (Phi) is 5.66. The standard InChI is InChI=1S/C25H22N4O4/c1-14-8-10-18(12-15(14)2)29-24(31)23(16(3)28-29)27-26-21-13-17(9-11-20(21)25(32)33)19-6-4-5-7-22(19)30/h4-13,26,30H,1-3H3,(H,32,33)/b27-23-. The molecule has 166 valence electrons. The van der Waals surface area contributed by atoms with E-state index in [0.717, 1.165) is 11.1 Å². The molecule has 3 aromatic rings. The largest absolute Gasteiger partial charge is 0.507 e. The molecule has 1 aliphatic rings. The van der Waals surface area contributed by atoms with Gasteiger partial charge < -0.3 is 10.2 Å². The number of aromatic carboxylic acids is 1. The number of nitrogens with one attached hydrogen (secondary N) is 1. The number of rotatable bonds is 5. The highest BCUT2D eigenvalue weighted by atomic mass is 16.4. The maximum atomic E-state index is 13.0. The van der Waals surface area contributed by atoms with E-state index in [9.17, 15) is 19.8 Å². The predicted octanol–water partition coefficient (Wildman–Crippen LogP) is 4.56. The van der Waals surface area contributed by atoms with E-state index in [1.165, 1.54) is 11.1 Å². The number of aromatic hydroxyl groups is 1. The first-order valence-electron chi connectivity index (χ1n) is 10.2. The lowest BCUT2D eigenvalue weighted by atomic mass is 10.0. The van der Waals surface area contributed by atoms with Crippen LogP contribution >= 0.6 is 0 Å². The smallest absolute Gasteiger partial charge is 0.337 e. The average molecular weight is 442 g/mol. The Bertz CT molecular complexity index is 1340. The average Bonchev–Trinajstić information content (AvgIpc) is 3.07. The van der Waals surface area contributed by atoms with Crippen molar-refractivity contribution in [3.8, 4) is 16.9 Å². The van der Waals surface area contributed by atoms with Crippen LogP contribution in [0.15, 0.2) is 70.9 Å². The van der Waals surface area contributed by atoms with Crippen LogP contribution in [0.25, 0.3) is 11.1 Å². The molecule has 4 rings (SSSR count). The first-order valence-corrected chi connectivity index (χ1v) is 10.2. The molecule has 1 heterocycles. The minimum Gasteiger partial charge on any atom is -0.507 e. The van der Waals surface area contributed by atoms with Crippen LogP contribution in [0, 0.1) is 13.8 Å². The summed E-state index contributed by atoms with van der Waals surface area (Å²) in [4.78, 5) is 24.7. The lowest BCUT2D eigenvalue weighted by Gasteiger charge is -2.13. The number of para-hydroxylation sites is 1. The molecule has 0 unspecified atom stereocenters. The number of hydrazone groups is 2. The summed E-state index contributed by atoms with van der Waals surface area (Å²) in [6.07, 6.45) is 0. The zero-order chi connectivity index (χ0) is 23.7. The number of carbonyl (C=O) groups is 2. The van der Waals surface area contributed by atoms with Crippen LogP contribution in [0.3, 0.4) is 0 Å². The van der Waals surface area contributed by atoms with Crippen molar-refractivity contribution in [1.82, 2.24) is 0 Å². The van der Waals surface area contributed by atoms with E-state index in [4.69, 9.17) is 0 Å². The molecule has 0 spiro atoms. The molecule has 33 heavy (non-hydrogen) atoms. The van der Waals surface area contributed by atoms with Crippen LogP contribution in [-0.4, -0.2) is 33.5 Å². The number of amides is 1. The van der Waals surface area contributed by atoms with Crippen LogP contribution in [0.2, 0.25) is 0 Å². The van der Waals surface area contributed by atoms with E-state index in [2.05, 4.69) is 15.6 Å². The van der Waals surface area contributed by atoms with E-state index >= 15 is 0 Å². The molecule has 0 atom stereocenters. The molecule has 1 amide bonds. The highest BCUT2D eigenvalue weighted by molar-refractivity contribution is 6.71. The molecule has 0 bridgehead atoms. The van der Waals surface area contributed by atoms with Gasteiger partial charge in [0.1, 0.15) is 5.75 Å². The summed E-state index contributed by atoms with van der Waals surface area (Å²) in [6, 6.07) is 16.9. The molecule has 8 heteroatoms. The minimum absolute atomic E-state index is 0.0235. The van der Waals surface area contributed by atoms with Crippen LogP contribution < -0.4 is 10.4 Å². The van der Waals surface area contributed by atoms with Crippen molar-refractivity contribution in [3.05, 3.63) is 77.4 Å². The minimum atomic E-state index is -1.15. The van der Waals surface area contributed by atoms with Crippen molar-refractivity contribution in [2.75, 3.05) is 10.4 Å². The van der Waals surface area contributed by atoms with Crippen LogP contribution in [0.1, 0.15) is 28.4 Å². The van der Waals surface area contributed by atoms with Crippen molar-refractivity contribution in [2.45, 2.75) is 20.8 Å². The fourth-order valence-electron chi connectivity index (χ4n) is 3.48. The number of carbonyl (C=O) groups excluding carboxylic acids is 1. The number of benzene rings is 3. The number of nitrogens with zero attached hydrogens (tertiary/aromatic N) is 3. The molecule has 0 saturated carbocycles. The molecule has 0 fully saturated rings. The van der Waals surface area contributed by atoms with Gasteiger partial charge in [0.15, 0.2) is 5.71 Å². The van der Waals surface area contributed by atoms with Gasteiger partial charge in [0, 0.05) is 5.56 Å². The molecule has 3 aromatic carbocycles. The van der Waals surface area contributed by atoms with E-state index < -0.39 is 11.9 Å². The van der Waals surface area contributed by atoms with Gasteiger partial charge in [0.25, 0.3) is 0 Å². The number of aryl methyl sites for hydroxylation is 2. The van der Waals surface area contributed by atoms with Crippen molar-refractivity contribution in [1.29, 1.82) is 0 Å². The quantitative estimate of drug-likeness (QED) is 0.501. The molecule has 0 radical (unpaired) electrons. The molecule has 0 aliphatic carbocycles. The van der Waals surface area contributed by atoms with Gasteiger partial charge in [0.2, 0.25) is 0 Å². The van der Waals surface area contributed by atoms with Gasteiger partial charge in [-0.25, -0.2) is 4.79 Å². The Labute approximate surface area is 190 Å². The molecule has 0 saturated heterocycles. The molecule has 0 aromatic heterocycles. The third-order valence-electron chi connectivity index (χ3n) is 5.48. The van der Waals surface area contributed by atoms with E-state index in [1.54, 1.807) is 43.3 Å². The summed E-state index contributed by atoms with van der Waals surface area (Å²) in [7, 11) is 0. The van der Waals surface area contributed by atoms with Crippen molar-refractivity contribution in [3.63, 3.8) is 0 Å². The monoisotopic (exact) mass is 442 g/mol. The zero-order valence-electron chi connectivity index (χ0n) is 18.3. The number of anilines is 2. The summed E-state index contributed by atoms with van der Waals surface area (Å²) in [5, 5.41) is 29.5. The summed E-state index contributed by atoms with van der Waals surface area (Å²) in [6.45, 7) is 5.60. The molecule has 3 N–H and O–H groups in total. The normalized spacial score (nSPS) is 14.5. The van der Waals surface area contributed by atoms with Crippen molar-refractivity contribution < 1.29 is 19.8 Å². The van der Waals surface area contributed by atoms with Crippen molar-refractivity contribution >= 4 is 34.7 Å². The Morgan fingerprint density at radius 3 is 2.45 bits per heavy atom. The third-order valence-corrected chi connectivity index (χ3v) is 5.48. The second-order valence-corrected chi connectivity index (χ2v) is 7.73. The first-order chi connectivity index (χ1) is 15.8. The number of carboxylic acids is 1. The van der Waals surface area contributed by atoms with Crippen LogP contribution in [0.5, 0.6) is 5.75 Å². The number of carboxylic acid groups (broad SMARTS) is 1. The van der Waals surface area contributed by atoms with Gasteiger partial charge in [-0.05, 0) is 67.8 Å². The summed E-state index contributed by atoms with van der Waals surface area (Å²) < 4.78 is 0. The molecular formula is C25H22N4O4. The summed E-state index contributed by atoms with van der Waals surface area (Å²) >= 11 is 0. The lowest BCUT2D eigenvalue weighted by Crippen LogP contribution is -2.28. The Hall–Kier alpha value is -4.46. The Morgan fingerprint density at radius 2 is 1.76 bits per heavy atom. The SMILES string of the molecule is CC1=NN(c2ccc(C)c(C)c2)C(=O)/C1=N\Nc1cc(-c2ccccc2O)ccc1C(=O)O. The second-order valence-electron chi connectivity index (χ2n) is 7.73. The number of phenolic OH excluding ortho intramolecular Hbond substituents is 1. The fraction of sp³-hybridized carbons (Fsp3) is 0.120. The molecular weight excluding hydrogens is 420 g/mol. The second kappa shape index (κ2) is 8.58. The number of hydrogen-bond donors (Lipinski definition) is 3. The third kappa shape index (κ3) is 4.18. The van der Waals surface area contributed by atoms with Gasteiger partial charge in [-0.2, -0.15) is 15.2 Å². The van der Waals surface area contributed by atoms with Gasteiger partial charge >= 0.3 is 11.9 Å². The van der Waals surface area contributed by atoms with Gasteiger partial charge in [-0.1, -0.05) is 30.3 Å². The number of phenols is 1. The van der Waals surface area contributed by atoms with Crippen LogP contribution in [0.4, 0.5) is 11.4 Å².